The number of hydrogen-bond acceptors (Lipinski definition) is 2. The quantitative estimate of drug-likeness (QED) is 0.792. The molecule has 0 spiro atoms. The molecule has 0 bridgehead atoms. The predicted octanol–water partition coefficient (Wildman–Crippen LogP) is 2.88. The molecule has 2 rings (SSSR count). The molecule has 0 aromatic heterocycles. The molecule has 1 aromatic rings. The minimum absolute atomic E-state index is 0.0862. The van der Waals surface area contributed by atoms with E-state index in [1.807, 2.05) is 13.8 Å². The molecule has 92 valence electrons. The zero-order valence-corrected chi connectivity index (χ0v) is 12.5. The molecule has 0 unspecified atom stereocenters. The number of hydrogen-bond donors (Lipinski definition) is 2. The Hall–Kier alpha value is -0.330. The Morgan fingerprint density at radius 3 is 2.76 bits per heavy atom. The van der Waals surface area contributed by atoms with Crippen molar-refractivity contribution in [3.05, 3.63) is 31.3 Å². The van der Waals surface area contributed by atoms with Gasteiger partial charge in [0.1, 0.15) is 0 Å². The Kier molecular flexibility index (Phi) is 3.66. The summed E-state index contributed by atoms with van der Waals surface area (Å²) in [6.07, 6.45) is -0.600. The van der Waals surface area contributed by atoms with Crippen LogP contribution >= 0.6 is 34.2 Å². The molecular formula is C12H13ClINO2. The van der Waals surface area contributed by atoms with Crippen LogP contribution in [0.25, 0.3) is 0 Å². The van der Waals surface area contributed by atoms with Crippen molar-refractivity contribution >= 4 is 40.1 Å². The number of aliphatic hydroxyl groups excluding tert-OH is 1. The predicted molar refractivity (Wildman–Crippen MR) is 75.1 cm³/mol. The van der Waals surface area contributed by atoms with E-state index in [9.17, 15) is 9.90 Å². The summed E-state index contributed by atoms with van der Waals surface area (Å²) < 4.78 is 0.840. The third-order valence-electron chi connectivity index (χ3n) is 2.94. The number of carbonyl (C=O) groups is 1. The van der Waals surface area contributed by atoms with E-state index in [4.69, 9.17) is 11.6 Å². The van der Waals surface area contributed by atoms with E-state index < -0.39 is 6.10 Å². The van der Waals surface area contributed by atoms with E-state index in [1.54, 1.807) is 6.07 Å². The van der Waals surface area contributed by atoms with E-state index in [2.05, 4.69) is 27.9 Å². The van der Waals surface area contributed by atoms with Crippen molar-refractivity contribution in [3.63, 3.8) is 0 Å². The summed E-state index contributed by atoms with van der Waals surface area (Å²) in [5.74, 6) is 0.00306. The van der Waals surface area contributed by atoms with Crippen LogP contribution < -0.4 is 5.32 Å². The lowest BCUT2D eigenvalue weighted by molar-refractivity contribution is 0.0964. The minimum Gasteiger partial charge on any atom is -0.388 e. The summed E-state index contributed by atoms with van der Waals surface area (Å²) in [5, 5.41) is 13.4. The van der Waals surface area contributed by atoms with E-state index >= 15 is 0 Å². The van der Waals surface area contributed by atoms with Gasteiger partial charge in [0, 0.05) is 21.2 Å². The van der Waals surface area contributed by atoms with Crippen molar-refractivity contribution in [2.75, 3.05) is 0 Å². The Balaban J connectivity index is 2.59. The first kappa shape index (κ1) is 13.1. The van der Waals surface area contributed by atoms with Crippen LogP contribution in [0.15, 0.2) is 6.07 Å². The van der Waals surface area contributed by atoms with Gasteiger partial charge in [-0.15, -0.1) is 0 Å². The van der Waals surface area contributed by atoms with E-state index in [0.29, 0.717) is 22.7 Å². The highest BCUT2D eigenvalue weighted by atomic mass is 127. The summed E-state index contributed by atoms with van der Waals surface area (Å²) in [5.41, 5.74) is 2.16. The molecule has 1 heterocycles. The molecule has 1 aliphatic heterocycles. The van der Waals surface area contributed by atoms with Crippen LogP contribution in [0.3, 0.4) is 0 Å². The summed E-state index contributed by atoms with van der Waals surface area (Å²) in [6, 6.07) is 1.80. The molecule has 0 saturated heterocycles. The maximum atomic E-state index is 11.6. The van der Waals surface area contributed by atoms with Crippen LogP contribution in [-0.4, -0.2) is 11.0 Å². The standard InChI is InChI=1S/C12H13ClINO2/c1-5(2)11(16)6-3-8(14)9-7(10(6)13)4-15-12(9)17/h3,5,11,16H,4H2,1-2H3,(H,15,17)/t11-/m0/s1. The zero-order chi connectivity index (χ0) is 12.7. The van der Waals surface area contributed by atoms with Crippen LogP contribution in [0.4, 0.5) is 0 Å². The molecule has 0 aliphatic carbocycles. The number of halogens is 2. The van der Waals surface area contributed by atoms with E-state index in [-0.39, 0.29) is 11.8 Å². The van der Waals surface area contributed by atoms with Gasteiger partial charge in [0.05, 0.1) is 16.7 Å². The van der Waals surface area contributed by atoms with Crippen molar-refractivity contribution < 1.29 is 9.90 Å². The molecule has 1 aromatic carbocycles. The fourth-order valence-electron chi connectivity index (χ4n) is 1.94. The largest absolute Gasteiger partial charge is 0.388 e. The highest BCUT2D eigenvalue weighted by molar-refractivity contribution is 14.1. The van der Waals surface area contributed by atoms with Crippen LogP contribution in [-0.2, 0) is 6.54 Å². The fraction of sp³-hybridized carbons (Fsp3) is 0.417. The van der Waals surface area contributed by atoms with Gasteiger partial charge in [-0.3, -0.25) is 4.79 Å². The van der Waals surface area contributed by atoms with Gasteiger partial charge in [0.25, 0.3) is 5.91 Å². The Morgan fingerprint density at radius 1 is 1.53 bits per heavy atom. The van der Waals surface area contributed by atoms with Crippen LogP contribution in [0.5, 0.6) is 0 Å². The lowest BCUT2D eigenvalue weighted by Crippen LogP contribution is -2.13. The molecule has 2 N–H and O–H groups in total. The van der Waals surface area contributed by atoms with Gasteiger partial charge in [-0.05, 0) is 34.6 Å². The first-order valence-electron chi connectivity index (χ1n) is 5.40. The lowest BCUT2D eigenvalue weighted by atomic mass is 9.96. The fourth-order valence-corrected chi connectivity index (χ4v) is 3.18. The first-order valence-corrected chi connectivity index (χ1v) is 6.86. The second-order valence-electron chi connectivity index (χ2n) is 4.49. The second kappa shape index (κ2) is 4.74. The summed E-state index contributed by atoms with van der Waals surface area (Å²) in [7, 11) is 0. The minimum atomic E-state index is -0.600. The number of benzene rings is 1. The number of fused-ring (bicyclic) bond motifs is 1. The van der Waals surface area contributed by atoms with Crippen molar-refractivity contribution in [2.24, 2.45) is 5.92 Å². The van der Waals surface area contributed by atoms with Gasteiger partial charge in [-0.25, -0.2) is 0 Å². The number of carbonyl (C=O) groups excluding carboxylic acids is 1. The van der Waals surface area contributed by atoms with Crippen molar-refractivity contribution in [3.8, 4) is 0 Å². The smallest absolute Gasteiger partial charge is 0.253 e. The molecule has 1 amide bonds. The van der Waals surface area contributed by atoms with Gasteiger partial charge in [-0.1, -0.05) is 25.4 Å². The molecule has 0 fully saturated rings. The molecule has 1 aliphatic rings. The third kappa shape index (κ3) is 2.18. The topological polar surface area (TPSA) is 49.3 Å². The molecule has 0 radical (unpaired) electrons. The highest BCUT2D eigenvalue weighted by Crippen LogP contribution is 2.36. The van der Waals surface area contributed by atoms with Crippen LogP contribution in [0, 0.1) is 9.49 Å². The number of rotatable bonds is 2. The van der Waals surface area contributed by atoms with Crippen molar-refractivity contribution in [2.45, 2.75) is 26.5 Å². The van der Waals surface area contributed by atoms with Gasteiger partial charge in [0.15, 0.2) is 0 Å². The van der Waals surface area contributed by atoms with Crippen molar-refractivity contribution in [1.29, 1.82) is 0 Å². The molecule has 1 atom stereocenters. The Labute approximate surface area is 119 Å². The number of nitrogens with one attached hydrogen (secondary N) is 1. The van der Waals surface area contributed by atoms with Gasteiger partial charge in [0.2, 0.25) is 0 Å². The summed E-state index contributed by atoms with van der Waals surface area (Å²) in [6.45, 7) is 4.32. The summed E-state index contributed by atoms with van der Waals surface area (Å²) in [4.78, 5) is 11.6. The average molecular weight is 366 g/mol. The molecule has 3 nitrogen and oxygen atoms in total. The molecule has 17 heavy (non-hydrogen) atoms. The SMILES string of the molecule is CC(C)[C@H](O)c1cc(I)c2c(c1Cl)CNC2=O. The maximum absolute atomic E-state index is 11.6. The Bertz CT molecular complexity index is 488. The average Bonchev–Trinajstić information content (AvgIpc) is 2.65. The van der Waals surface area contributed by atoms with Crippen LogP contribution in [0.2, 0.25) is 5.02 Å². The van der Waals surface area contributed by atoms with E-state index in [0.717, 1.165) is 9.13 Å². The Morgan fingerprint density at radius 2 is 2.18 bits per heavy atom. The van der Waals surface area contributed by atoms with E-state index in [1.165, 1.54) is 0 Å². The molecular weight excluding hydrogens is 352 g/mol. The highest BCUT2D eigenvalue weighted by Gasteiger charge is 2.28. The number of aliphatic hydroxyl groups is 1. The summed E-state index contributed by atoms with van der Waals surface area (Å²) >= 11 is 8.38. The van der Waals surface area contributed by atoms with Gasteiger partial charge in [-0.2, -0.15) is 0 Å². The first-order chi connectivity index (χ1) is 7.93. The van der Waals surface area contributed by atoms with Crippen LogP contribution in [0.1, 0.15) is 41.4 Å². The molecule has 5 heteroatoms. The maximum Gasteiger partial charge on any atom is 0.253 e. The van der Waals surface area contributed by atoms with Gasteiger partial charge >= 0.3 is 0 Å². The monoisotopic (exact) mass is 365 g/mol. The van der Waals surface area contributed by atoms with Gasteiger partial charge < -0.3 is 10.4 Å². The normalized spacial score (nSPS) is 16.0. The lowest BCUT2D eigenvalue weighted by Gasteiger charge is -2.18. The second-order valence-corrected chi connectivity index (χ2v) is 6.03. The molecule has 0 saturated carbocycles. The van der Waals surface area contributed by atoms with Crippen molar-refractivity contribution in [1.82, 2.24) is 5.32 Å². The number of amides is 1. The zero-order valence-electron chi connectivity index (χ0n) is 9.55. The third-order valence-corrected chi connectivity index (χ3v) is 4.24.